The maximum absolute atomic E-state index is 12.9. The molecule has 6 atom stereocenters. The lowest BCUT2D eigenvalue weighted by molar-refractivity contribution is -0.177. The molecule has 0 aromatic carbocycles. The first-order valence-electron chi connectivity index (χ1n) is 11.4. The van der Waals surface area contributed by atoms with Crippen LogP contribution in [0.5, 0.6) is 0 Å². The van der Waals surface area contributed by atoms with E-state index in [9.17, 15) is 14.7 Å². The summed E-state index contributed by atoms with van der Waals surface area (Å²) in [5, 5.41) is 14.1. The standard InChI is InChI=1S/C23H32N4O4/c1-26(2)21(28)18-4-3-6-24-20(18)25-17-5-7-27(13-17)22(29)31-19-15-8-14-9-16(19)12-23(30,10-14)11-15/h3-4,6,14-17,19,30H,5,7-13H2,1-2H3,(H,24,25)/t14?,15-,16?,17+,19?,23-/m0/s1. The van der Waals surface area contributed by atoms with Gasteiger partial charge in [-0.2, -0.15) is 0 Å². The fraction of sp³-hybridized carbons (Fsp3) is 0.696. The van der Waals surface area contributed by atoms with Gasteiger partial charge in [-0.05, 0) is 68.4 Å². The summed E-state index contributed by atoms with van der Waals surface area (Å²) in [5.74, 6) is 1.63. The predicted molar refractivity (Wildman–Crippen MR) is 115 cm³/mol. The molecule has 6 rings (SSSR count). The van der Waals surface area contributed by atoms with E-state index in [0.29, 0.717) is 42.2 Å². The first-order chi connectivity index (χ1) is 14.8. The number of carbonyl (C=O) groups excluding carboxylic acids is 2. The maximum Gasteiger partial charge on any atom is 0.410 e. The molecule has 5 fully saturated rings. The normalized spacial score (nSPS) is 35.8. The smallest absolute Gasteiger partial charge is 0.410 e. The Balaban J connectivity index is 1.19. The van der Waals surface area contributed by atoms with E-state index >= 15 is 0 Å². The second-order valence-electron chi connectivity index (χ2n) is 10.2. The summed E-state index contributed by atoms with van der Waals surface area (Å²) in [6.07, 6.45) is 6.74. The van der Waals surface area contributed by atoms with Gasteiger partial charge in [0.25, 0.3) is 5.91 Å². The maximum atomic E-state index is 12.9. The predicted octanol–water partition coefficient (Wildman–Crippen LogP) is 2.35. The number of hydrogen-bond acceptors (Lipinski definition) is 6. The Labute approximate surface area is 182 Å². The summed E-state index contributed by atoms with van der Waals surface area (Å²) in [6.45, 7) is 1.15. The zero-order chi connectivity index (χ0) is 21.8. The highest BCUT2D eigenvalue weighted by molar-refractivity contribution is 5.98. The Morgan fingerprint density at radius 2 is 2.00 bits per heavy atom. The summed E-state index contributed by atoms with van der Waals surface area (Å²) in [5.41, 5.74) is 0.00645. The molecule has 168 valence electrons. The zero-order valence-electron chi connectivity index (χ0n) is 18.3. The lowest BCUT2D eigenvalue weighted by Crippen LogP contribution is -2.58. The highest BCUT2D eigenvalue weighted by atomic mass is 16.6. The highest BCUT2D eigenvalue weighted by Gasteiger charge is 2.56. The van der Waals surface area contributed by atoms with Gasteiger partial charge in [-0.1, -0.05) is 0 Å². The van der Waals surface area contributed by atoms with Crippen LogP contribution in [0.4, 0.5) is 10.6 Å². The quantitative estimate of drug-likeness (QED) is 0.764. The van der Waals surface area contributed by atoms with E-state index in [4.69, 9.17) is 4.74 Å². The SMILES string of the molecule is CN(C)C(=O)c1cccnc1N[C@@H]1CCN(C(=O)OC2C3CC4C[C@H]2C[C@@](O)(C4)C3)C1. The molecule has 4 bridgehead atoms. The van der Waals surface area contributed by atoms with Crippen molar-refractivity contribution >= 4 is 17.8 Å². The molecule has 8 heteroatoms. The first-order valence-corrected chi connectivity index (χ1v) is 11.4. The van der Waals surface area contributed by atoms with Crippen LogP contribution < -0.4 is 5.32 Å². The summed E-state index contributed by atoms with van der Waals surface area (Å²) in [7, 11) is 3.43. The van der Waals surface area contributed by atoms with E-state index in [1.54, 1.807) is 37.3 Å². The summed E-state index contributed by atoms with van der Waals surface area (Å²) in [6, 6.07) is 3.54. The Hall–Kier alpha value is -2.35. The van der Waals surface area contributed by atoms with Crippen LogP contribution in [0, 0.1) is 17.8 Å². The molecule has 0 radical (unpaired) electrons. The summed E-state index contributed by atoms with van der Waals surface area (Å²) in [4.78, 5) is 33.0. The third-order valence-corrected chi connectivity index (χ3v) is 7.62. The van der Waals surface area contributed by atoms with Gasteiger partial charge in [0.2, 0.25) is 0 Å². The van der Waals surface area contributed by atoms with Crippen molar-refractivity contribution in [1.82, 2.24) is 14.8 Å². The molecule has 1 aromatic rings. The Morgan fingerprint density at radius 1 is 1.26 bits per heavy atom. The van der Waals surface area contributed by atoms with Crippen LogP contribution in [-0.2, 0) is 4.74 Å². The van der Waals surface area contributed by atoms with Crippen molar-refractivity contribution in [3.8, 4) is 0 Å². The van der Waals surface area contributed by atoms with Gasteiger partial charge in [0.05, 0.1) is 11.2 Å². The van der Waals surface area contributed by atoms with E-state index in [-0.39, 0.29) is 24.1 Å². The number of aliphatic hydroxyl groups is 1. The molecule has 4 saturated carbocycles. The fourth-order valence-electron chi connectivity index (χ4n) is 6.49. The van der Waals surface area contributed by atoms with Gasteiger partial charge in [0.15, 0.2) is 0 Å². The third-order valence-electron chi connectivity index (χ3n) is 7.62. The topological polar surface area (TPSA) is 95.0 Å². The van der Waals surface area contributed by atoms with E-state index in [0.717, 1.165) is 38.5 Å². The molecule has 0 spiro atoms. The lowest BCUT2D eigenvalue weighted by Gasteiger charge is -2.57. The number of likely N-dealkylation sites (tertiary alicyclic amines) is 1. The lowest BCUT2D eigenvalue weighted by atomic mass is 9.53. The van der Waals surface area contributed by atoms with Crippen molar-refractivity contribution in [3.63, 3.8) is 0 Å². The van der Waals surface area contributed by atoms with Crippen LogP contribution in [0.25, 0.3) is 0 Å². The molecule has 4 aliphatic carbocycles. The molecular formula is C23H32N4O4. The average molecular weight is 429 g/mol. The number of carbonyl (C=O) groups is 2. The van der Waals surface area contributed by atoms with E-state index in [1.165, 1.54) is 4.90 Å². The summed E-state index contributed by atoms with van der Waals surface area (Å²) < 4.78 is 6.02. The number of nitrogens with zero attached hydrogens (tertiary/aromatic N) is 3. The minimum Gasteiger partial charge on any atom is -0.446 e. The number of ether oxygens (including phenoxy) is 1. The van der Waals surface area contributed by atoms with Crippen molar-refractivity contribution in [2.24, 2.45) is 17.8 Å². The molecular weight excluding hydrogens is 396 g/mol. The van der Waals surface area contributed by atoms with Gasteiger partial charge in [0.1, 0.15) is 11.9 Å². The number of hydrogen-bond donors (Lipinski definition) is 2. The van der Waals surface area contributed by atoms with Crippen molar-refractivity contribution in [1.29, 1.82) is 0 Å². The molecule has 2 amide bonds. The molecule has 1 aliphatic heterocycles. The van der Waals surface area contributed by atoms with Gasteiger partial charge in [-0.3, -0.25) is 4.79 Å². The van der Waals surface area contributed by atoms with Crippen molar-refractivity contribution in [2.45, 2.75) is 56.3 Å². The van der Waals surface area contributed by atoms with Crippen LogP contribution >= 0.6 is 0 Å². The van der Waals surface area contributed by atoms with Crippen LogP contribution in [0.2, 0.25) is 0 Å². The fourth-order valence-corrected chi connectivity index (χ4v) is 6.49. The van der Waals surface area contributed by atoms with Crippen molar-refractivity contribution in [2.75, 3.05) is 32.5 Å². The van der Waals surface area contributed by atoms with Crippen LogP contribution in [0.1, 0.15) is 48.9 Å². The largest absolute Gasteiger partial charge is 0.446 e. The number of anilines is 1. The minimum atomic E-state index is -0.521. The third kappa shape index (κ3) is 3.86. The van der Waals surface area contributed by atoms with Crippen molar-refractivity contribution < 1.29 is 19.4 Å². The van der Waals surface area contributed by atoms with Crippen LogP contribution in [0.3, 0.4) is 0 Å². The Kier molecular flexibility index (Phi) is 5.07. The molecule has 31 heavy (non-hydrogen) atoms. The Morgan fingerprint density at radius 3 is 2.68 bits per heavy atom. The van der Waals surface area contributed by atoms with E-state index in [2.05, 4.69) is 10.3 Å². The second kappa shape index (κ2) is 7.65. The second-order valence-corrected chi connectivity index (χ2v) is 10.2. The number of rotatable bonds is 4. The number of pyridine rings is 1. The summed E-state index contributed by atoms with van der Waals surface area (Å²) >= 11 is 0. The molecule has 2 N–H and O–H groups in total. The monoisotopic (exact) mass is 428 g/mol. The average Bonchev–Trinajstić information content (AvgIpc) is 3.18. The molecule has 1 aromatic heterocycles. The highest BCUT2D eigenvalue weighted by Crippen LogP contribution is 2.56. The Bertz CT molecular complexity index is 859. The minimum absolute atomic E-state index is 0.0235. The molecule has 3 unspecified atom stereocenters. The molecule has 1 saturated heterocycles. The number of aromatic nitrogens is 1. The van der Waals surface area contributed by atoms with Crippen LogP contribution in [0.15, 0.2) is 18.3 Å². The van der Waals surface area contributed by atoms with E-state index in [1.807, 2.05) is 0 Å². The van der Waals surface area contributed by atoms with E-state index < -0.39 is 5.60 Å². The van der Waals surface area contributed by atoms with Gasteiger partial charge in [0, 0.05) is 39.4 Å². The zero-order valence-corrected chi connectivity index (χ0v) is 18.3. The van der Waals surface area contributed by atoms with Gasteiger partial charge < -0.3 is 25.0 Å². The van der Waals surface area contributed by atoms with Gasteiger partial charge in [-0.15, -0.1) is 0 Å². The number of amides is 2. The number of nitrogens with one attached hydrogen (secondary N) is 1. The molecule has 8 nitrogen and oxygen atoms in total. The molecule has 2 heterocycles. The van der Waals surface area contributed by atoms with Gasteiger partial charge >= 0.3 is 6.09 Å². The van der Waals surface area contributed by atoms with Crippen molar-refractivity contribution in [3.05, 3.63) is 23.9 Å². The molecule has 5 aliphatic rings. The van der Waals surface area contributed by atoms with Crippen LogP contribution in [-0.4, -0.2) is 76.8 Å². The first kappa shape index (κ1) is 20.5. The van der Waals surface area contributed by atoms with Gasteiger partial charge in [-0.25, -0.2) is 9.78 Å².